The van der Waals surface area contributed by atoms with Crippen LogP contribution in [0.4, 0.5) is 4.39 Å². The van der Waals surface area contributed by atoms with E-state index >= 15 is 0 Å². The van der Waals surface area contributed by atoms with Crippen LogP contribution in [0, 0.1) is 17.7 Å². The summed E-state index contributed by atoms with van der Waals surface area (Å²) in [5, 5.41) is 1.81. The zero-order valence-corrected chi connectivity index (χ0v) is 19.5. The van der Waals surface area contributed by atoms with Crippen molar-refractivity contribution in [2.24, 2.45) is 11.8 Å². The third kappa shape index (κ3) is 4.38. The van der Waals surface area contributed by atoms with Crippen LogP contribution in [-0.4, -0.2) is 45.4 Å². The summed E-state index contributed by atoms with van der Waals surface area (Å²) in [4.78, 5) is 54.1. The molecule has 34 heavy (non-hydrogen) atoms. The lowest BCUT2D eigenvalue weighted by molar-refractivity contribution is -0.156. The highest BCUT2D eigenvalue weighted by molar-refractivity contribution is 6.34. The van der Waals surface area contributed by atoms with Gasteiger partial charge in [-0.05, 0) is 55.7 Å². The standard InChI is InChI=1S/C25H21Cl2FN2O4/c26-14-13-21(22(31)15-9-11-16(28)12-10-15)29(25(34)19-7-3-4-8-20(19)27)30-23(32)17-5-1-2-6-18(17)24(30)33/h1-4,7-12,17-18,21H,5-6,13-14H2. The van der Waals surface area contributed by atoms with Crippen LogP contribution < -0.4 is 0 Å². The van der Waals surface area contributed by atoms with Crippen molar-refractivity contribution < 1.29 is 23.6 Å². The number of ketones is 1. The number of hydrogen-bond donors (Lipinski definition) is 0. The highest BCUT2D eigenvalue weighted by atomic mass is 35.5. The third-order valence-electron chi connectivity index (χ3n) is 6.12. The van der Waals surface area contributed by atoms with Crippen molar-refractivity contribution in [3.8, 4) is 0 Å². The number of alkyl halides is 1. The molecule has 1 fully saturated rings. The largest absolute Gasteiger partial charge is 0.292 e. The Bertz CT molecular complexity index is 1140. The second-order valence-corrected chi connectivity index (χ2v) is 8.92. The van der Waals surface area contributed by atoms with Crippen molar-refractivity contribution in [1.29, 1.82) is 0 Å². The zero-order valence-electron chi connectivity index (χ0n) is 18.0. The molecule has 0 radical (unpaired) electrons. The average Bonchev–Trinajstić information content (AvgIpc) is 3.09. The first-order valence-electron chi connectivity index (χ1n) is 10.8. The molecule has 0 saturated carbocycles. The minimum atomic E-state index is -1.28. The smallest absolute Gasteiger partial charge is 0.275 e. The SMILES string of the molecule is O=C(c1ccc(F)cc1)C(CCCl)N(C(=O)c1ccccc1Cl)N1C(=O)C2CC=CCC2C1=O. The Hall–Kier alpha value is -3.03. The molecule has 9 heteroatoms. The summed E-state index contributed by atoms with van der Waals surface area (Å²) in [7, 11) is 0. The van der Waals surface area contributed by atoms with Crippen molar-refractivity contribution >= 4 is 46.7 Å². The van der Waals surface area contributed by atoms with Crippen molar-refractivity contribution in [2.45, 2.75) is 25.3 Å². The maximum atomic E-state index is 13.8. The molecule has 1 heterocycles. The first-order valence-corrected chi connectivity index (χ1v) is 11.7. The number of imide groups is 1. The normalized spacial score (nSPS) is 20.3. The predicted molar refractivity (Wildman–Crippen MR) is 125 cm³/mol. The summed E-state index contributed by atoms with van der Waals surface area (Å²) >= 11 is 12.3. The fraction of sp³-hybridized carbons (Fsp3) is 0.280. The number of nitrogens with zero attached hydrogens (tertiary/aromatic N) is 2. The number of benzene rings is 2. The van der Waals surface area contributed by atoms with Crippen molar-refractivity contribution in [2.75, 3.05) is 5.88 Å². The van der Waals surface area contributed by atoms with Gasteiger partial charge in [0.25, 0.3) is 17.7 Å². The number of Topliss-reactive ketones (excluding diaryl/α,β-unsaturated/α-hetero) is 1. The summed E-state index contributed by atoms with van der Waals surface area (Å²) in [5.41, 5.74) is 0.149. The van der Waals surface area contributed by atoms with Gasteiger partial charge in [0.1, 0.15) is 11.9 Å². The monoisotopic (exact) mass is 502 g/mol. The molecule has 1 saturated heterocycles. The number of carbonyl (C=O) groups is 4. The van der Waals surface area contributed by atoms with E-state index in [1.807, 2.05) is 12.2 Å². The van der Waals surface area contributed by atoms with E-state index in [0.717, 1.165) is 22.2 Å². The molecule has 2 aliphatic rings. The third-order valence-corrected chi connectivity index (χ3v) is 6.67. The lowest BCUT2D eigenvalue weighted by Crippen LogP contribution is -2.57. The van der Waals surface area contributed by atoms with E-state index in [-0.39, 0.29) is 28.5 Å². The van der Waals surface area contributed by atoms with Gasteiger partial charge in [-0.25, -0.2) is 9.40 Å². The highest BCUT2D eigenvalue weighted by Gasteiger charge is 2.53. The summed E-state index contributed by atoms with van der Waals surface area (Å²) < 4.78 is 13.5. The first-order chi connectivity index (χ1) is 16.3. The Balaban J connectivity index is 1.82. The van der Waals surface area contributed by atoms with E-state index in [1.165, 1.54) is 24.3 Å². The van der Waals surface area contributed by atoms with E-state index in [1.54, 1.807) is 12.1 Å². The van der Waals surface area contributed by atoms with E-state index in [0.29, 0.717) is 12.8 Å². The zero-order chi connectivity index (χ0) is 24.4. The van der Waals surface area contributed by atoms with Gasteiger partial charge in [0.05, 0.1) is 22.4 Å². The van der Waals surface area contributed by atoms with Gasteiger partial charge < -0.3 is 0 Å². The van der Waals surface area contributed by atoms with Gasteiger partial charge in [0.2, 0.25) is 0 Å². The molecule has 1 aliphatic heterocycles. The van der Waals surface area contributed by atoms with Crippen LogP contribution in [0.2, 0.25) is 5.02 Å². The van der Waals surface area contributed by atoms with Gasteiger partial charge in [0.15, 0.2) is 5.78 Å². The molecule has 0 bridgehead atoms. The van der Waals surface area contributed by atoms with E-state index < -0.39 is 47.2 Å². The van der Waals surface area contributed by atoms with Gasteiger partial charge >= 0.3 is 0 Å². The number of hydrogen-bond acceptors (Lipinski definition) is 4. The van der Waals surface area contributed by atoms with Crippen LogP contribution in [0.15, 0.2) is 60.7 Å². The van der Waals surface area contributed by atoms with Gasteiger partial charge in [0, 0.05) is 11.4 Å². The van der Waals surface area contributed by atoms with Crippen LogP contribution in [-0.2, 0) is 9.59 Å². The average molecular weight is 503 g/mol. The summed E-state index contributed by atoms with van der Waals surface area (Å²) in [5.74, 6) is -4.24. The summed E-state index contributed by atoms with van der Waals surface area (Å²) in [6, 6.07) is 9.72. The Morgan fingerprint density at radius 3 is 2.15 bits per heavy atom. The predicted octanol–water partition coefficient (Wildman–Crippen LogP) is 4.67. The number of hydrazine groups is 1. The summed E-state index contributed by atoms with van der Waals surface area (Å²) in [6.45, 7) is 0. The van der Waals surface area contributed by atoms with Gasteiger partial charge in [-0.1, -0.05) is 35.9 Å². The van der Waals surface area contributed by atoms with Crippen LogP contribution >= 0.6 is 23.2 Å². The molecule has 0 spiro atoms. The molecule has 2 aromatic rings. The molecule has 4 rings (SSSR count). The first kappa shape index (κ1) is 24.1. The molecular formula is C25H21Cl2FN2O4. The van der Waals surface area contributed by atoms with Gasteiger partial charge in [-0.15, -0.1) is 11.6 Å². The molecule has 0 aromatic heterocycles. The second-order valence-electron chi connectivity index (χ2n) is 8.14. The number of halogens is 3. The molecule has 1 aliphatic carbocycles. The molecule has 2 aromatic carbocycles. The van der Waals surface area contributed by atoms with E-state index in [4.69, 9.17) is 23.2 Å². The van der Waals surface area contributed by atoms with Crippen molar-refractivity contribution in [3.05, 3.63) is 82.6 Å². The lowest BCUT2D eigenvalue weighted by atomic mass is 9.85. The molecule has 176 valence electrons. The van der Waals surface area contributed by atoms with E-state index in [2.05, 4.69) is 0 Å². The Kier molecular flexibility index (Phi) is 7.14. The Morgan fingerprint density at radius 2 is 1.59 bits per heavy atom. The summed E-state index contributed by atoms with van der Waals surface area (Å²) in [6.07, 6.45) is 4.35. The number of fused-ring (bicyclic) bond motifs is 1. The number of rotatable bonds is 7. The van der Waals surface area contributed by atoms with Crippen LogP contribution in [0.1, 0.15) is 40.0 Å². The van der Waals surface area contributed by atoms with Crippen molar-refractivity contribution in [1.82, 2.24) is 10.0 Å². The maximum Gasteiger partial charge on any atom is 0.275 e. The number of allylic oxidation sites excluding steroid dienone is 2. The fourth-order valence-corrected chi connectivity index (χ4v) is 4.82. The lowest BCUT2D eigenvalue weighted by Gasteiger charge is -2.36. The maximum absolute atomic E-state index is 13.8. The van der Waals surface area contributed by atoms with Gasteiger partial charge in [-0.3, -0.25) is 19.2 Å². The molecule has 3 unspecified atom stereocenters. The van der Waals surface area contributed by atoms with E-state index in [9.17, 15) is 23.6 Å². The number of amides is 3. The van der Waals surface area contributed by atoms with Gasteiger partial charge in [-0.2, -0.15) is 5.01 Å². The van der Waals surface area contributed by atoms with Crippen LogP contribution in [0.3, 0.4) is 0 Å². The second kappa shape index (κ2) is 10.1. The fourth-order valence-electron chi connectivity index (χ4n) is 4.40. The molecular weight excluding hydrogens is 482 g/mol. The molecule has 3 atom stereocenters. The minimum absolute atomic E-state index is 0.0317. The molecule has 3 amide bonds. The topological polar surface area (TPSA) is 74.8 Å². The number of carbonyl (C=O) groups excluding carboxylic acids is 4. The van der Waals surface area contributed by atoms with Crippen molar-refractivity contribution in [3.63, 3.8) is 0 Å². The molecule has 6 nitrogen and oxygen atoms in total. The quantitative estimate of drug-likeness (QED) is 0.238. The Morgan fingerprint density at radius 1 is 1.00 bits per heavy atom. The molecule has 0 N–H and O–H groups in total. The van der Waals surface area contributed by atoms with Crippen LogP contribution in [0.5, 0.6) is 0 Å². The highest BCUT2D eigenvalue weighted by Crippen LogP contribution is 2.37. The Labute approximate surface area is 205 Å². The minimum Gasteiger partial charge on any atom is -0.292 e. The van der Waals surface area contributed by atoms with Crippen LogP contribution in [0.25, 0.3) is 0 Å².